The number of aliphatic imine (C=N–C) groups is 1. The van der Waals surface area contributed by atoms with Gasteiger partial charge in [-0.1, -0.05) is 0 Å². The Balaban J connectivity index is 2.28. The van der Waals surface area contributed by atoms with Crippen molar-refractivity contribution in [3.8, 4) is 0 Å². The molecule has 0 saturated carbocycles. The monoisotopic (exact) mass is 150 g/mol. The van der Waals surface area contributed by atoms with Crippen LogP contribution >= 0.6 is 0 Å². The highest BCUT2D eigenvalue weighted by Gasteiger charge is 2.07. The van der Waals surface area contributed by atoms with Crippen LogP contribution < -0.4 is 0 Å². The summed E-state index contributed by atoms with van der Waals surface area (Å²) in [6.07, 6.45) is 1.38. The Morgan fingerprint density at radius 2 is 2.67 bits per heavy atom. The standard InChI is InChI=1S/C3H6N2O3S/c6-9(7)8-5-2-1-4-3-5/h3H,1-2H2,(H,6,7). The fourth-order valence-electron chi connectivity index (χ4n) is 0.501. The zero-order valence-corrected chi connectivity index (χ0v) is 5.37. The Kier molecular flexibility index (Phi) is 2.15. The minimum Gasteiger partial charge on any atom is -0.282 e. The molecule has 1 heterocycles. The first kappa shape index (κ1) is 6.66. The van der Waals surface area contributed by atoms with Gasteiger partial charge in [0.05, 0.1) is 13.1 Å². The van der Waals surface area contributed by atoms with Gasteiger partial charge in [0.1, 0.15) is 6.34 Å². The van der Waals surface area contributed by atoms with Crippen LogP contribution in [-0.4, -0.2) is 33.3 Å². The van der Waals surface area contributed by atoms with Crippen molar-refractivity contribution < 1.29 is 13.0 Å². The molecule has 0 fully saturated rings. The molecule has 1 aliphatic rings. The smallest absolute Gasteiger partial charge is 0.282 e. The second-order valence-electron chi connectivity index (χ2n) is 1.45. The summed E-state index contributed by atoms with van der Waals surface area (Å²) in [6.45, 7) is 1.17. The van der Waals surface area contributed by atoms with E-state index in [0.717, 1.165) is 0 Å². The highest BCUT2D eigenvalue weighted by Crippen LogP contribution is 1.94. The van der Waals surface area contributed by atoms with Crippen molar-refractivity contribution in [2.75, 3.05) is 13.1 Å². The third kappa shape index (κ3) is 2.08. The number of hydrogen-bond donors (Lipinski definition) is 1. The fraction of sp³-hybridized carbons (Fsp3) is 0.667. The molecule has 0 spiro atoms. The Morgan fingerprint density at radius 3 is 3.11 bits per heavy atom. The SMILES string of the molecule is O=S(O)ON1C=NCC1. The topological polar surface area (TPSA) is 62.1 Å². The van der Waals surface area contributed by atoms with E-state index in [1.54, 1.807) is 0 Å². The molecule has 0 aromatic rings. The molecule has 52 valence electrons. The van der Waals surface area contributed by atoms with E-state index < -0.39 is 11.4 Å². The maximum atomic E-state index is 9.94. The molecular weight excluding hydrogens is 144 g/mol. The molecule has 0 saturated heterocycles. The Morgan fingerprint density at radius 1 is 1.89 bits per heavy atom. The van der Waals surface area contributed by atoms with Gasteiger partial charge in [-0.2, -0.15) is 4.21 Å². The average molecular weight is 150 g/mol. The van der Waals surface area contributed by atoms with Crippen LogP contribution in [0.25, 0.3) is 0 Å². The van der Waals surface area contributed by atoms with Gasteiger partial charge in [-0.15, -0.1) is 4.28 Å². The predicted octanol–water partition coefficient (Wildman–Crippen LogP) is -0.601. The highest BCUT2D eigenvalue weighted by molar-refractivity contribution is 7.74. The van der Waals surface area contributed by atoms with Crippen molar-refractivity contribution >= 4 is 17.7 Å². The van der Waals surface area contributed by atoms with E-state index in [9.17, 15) is 4.21 Å². The van der Waals surface area contributed by atoms with Crippen LogP contribution in [0, 0.1) is 0 Å². The molecule has 0 aliphatic carbocycles. The second kappa shape index (κ2) is 2.90. The zero-order valence-electron chi connectivity index (χ0n) is 4.56. The molecule has 1 unspecified atom stereocenters. The molecule has 0 aromatic heterocycles. The van der Waals surface area contributed by atoms with Crippen LogP contribution in [0.5, 0.6) is 0 Å². The molecular formula is C3H6N2O3S. The first-order valence-corrected chi connectivity index (χ1v) is 3.38. The Labute approximate surface area is 54.8 Å². The summed E-state index contributed by atoms with van der Waals surface area (Å²) >= 11 is -2.22. The minimum atomic E-state index is -2.22. The summed E-state index contributed by atoms with van der Waals surface area (Å²) in [7, 11) is 0. The van der Waals surface area contributed by atoms with Crippen LogP contribution in [-0.2, 0) is 15.6 Å². The van der Waals surface area contributed by atoms with Gasteiger partial charge < -0.3 is 0 Å². The summed E-state index contributed by atoms with van der Waals surface area (Å²) < 4.78 is 22.4. The summed E-state index contributed by atoms with van der Waals surface area (Å²) in [6, 6.07) is 0. The summed E-state index contributed by atoms with van der Waals surface area (Å²) in [5.41, 5.74) is 0. The van der Waals surface area contributed by atoms with Crippen molar-refractivity contribution in [3.05, 3.63) is 0 Å². The molecule has 1 atom stereocenters. The molecule has 0 amide bonds. The van der Waals surface area contributed by atoms with E-state index in [0.29, 0.717) is 13.1 Å². The third-order valence-corrected chi connectivity index (χ3v) is 1.14. The first-order valence-electron chi connectivity index (χ1n) is 2.35. The van der Waals surface area contributed by atoms with Gasteiger partial charge in [0, 0.05) is 0 Å². The highest BCUT2D eigenvalue weighted by atomic mass is 32.2. The van der Waals surface area contributed by atoms with Gasteiger partial charge in [0.2, 0.25) is 0 Å². The lowest BCUT2D eigenvalue weighted by atomic mass is 10.7. The second-order valence-corrected chi connectivity index (χ2v) is 2.04. The molecule has 9 heavy (non-hydrogen) atoms. The molecule has 5 nitrogen and oxygen atoms in total. The average Bonchev–Trinajstić information content (AvgIpc) is 2.15. The third-order valence-electron chi connectivity index (χ3n) is 0.819. The largest absolute Gasteiger partial charge is 0.325 e. The van der Waals surface area contributed by atoms with E-state index in [1.807, 2.05) is 0 Å². The van der Waals surface area contributed by atoms with Crippen LogP contribution in [0.3, 0.4) is 0 Å². The van der Waals surface area contributed by atoms with Crippen molar-refractivity contribution in [2.24, 2.45) is 4.99 Å². The maximum Gasteiger partial charge on any atom is 0.325 e. The lowest BCUT2D eigenvalue weighted by Crippen LogP contribution is -2.20. The van der Waals surface area contributed by atoms with Crippen LogP contribution in [0.2, 0.25) is 0 Å². The number of rotatable bonds is 2. The number of hydrogen-bond acceptors (Lipinski definition) is 4. The van der Waals surface area contributed by atoms with Gasteiger partial charge in [-0.3, -0.25) is 9.55 Å². The van der Waals surface area contributed by atoms with Crippen molar-refractivity contribution in [2.45, 2.75) is 0 Å². The zero-order chi connectivity index (χ0) is 6.69. The van der Waals surface area contributed by atoms with Crippen molar-refractivity contribution in [3.63, 3.8) is 0 Å². The molecule has 0 bridgehead atoms. The molecule has 6 heteroatoms. The normalized spacial score (nSPS) is 20.8. The lowest BCUT2D eigenvalue weighted by Gasteiger charge is -2.07. The summed E-state index contributed by atoms with van der Waals surface area (Å²) in [4.78, 5) is 3.75. The summed E-state index contributed by atoms with van der Waals surface area (Å²) in [5, 5.41) is 1.22. The van der Waals surface area contributed by atoms with Gasteiger partial charge >= 0.3 is 11.4 Å². The molecule has 1 aliphatic heterocycles. The molecule has 1 N–H and O–H groups in total. The first-order chi connectivity index (χ1) is 4.29. The van der Waals surface area contributed by atoms with E-state index in [4.69, 9.17) is 4.55 Å². The van der Waals surface area contributed by atoms with Crippen LogP contribution in [0.15, 0.2) is 4.99 Å². The molecule has 0 aromatic carbocycles. The van der Waals surface area contributed by atoms with Gasteiger partial charge in [-0.25, -0.2) is 5.06 Å². The van der Waals surface area contributed by atoms with Crippen molar-refractivity contribution in [1.82, 2.24) is 5.06 Å². The van der Waals surface area contributed by atoms with Gasteiger partial charge in [0.25, 0.3) is 0 Å². The Bertz CT molecular complexity index is 148. The van der Waals surface area contributed by atoms with Crippen LogP contribution in [0.4, 0.5) is 0 Å². The van der Waals surface area contributed by atoms with E-state index in [2.05, 4.69) is 9.28 Å². The van der Waals surface area contributed by atoms with Gasteiger partial charge in [-0.05, 0) is 0 Å². The lowest BCUT2D eigenvalue weighted by molar-refractivity contribution is 0.0433. The van der Waals surface area contributed by atoms with Crippen LogP contribution in [0.1, 0.15) is 0 Å². The van der Waals surface area contributed by atoms with Crippen molar-refractivity contribution in [1.29, 1.82) is 0 Å². The minimum absolute atomic E-state index is 0.548. The van der Waals surface area contributed by atoms with E-state index >= 15 is 0 Å². The number of nitrogens with zero attached hydrogens (tertiary/aromatic N) is 2. The predicted molar refractivity (Wildman–Crippen MR) is 31.9 cm³/mol. The fourth-order valence-corrected chi connectivity index (χ4v) is 0.778. The molecule has 0 radical (unpaired) electrons. The summed E-state index contributed by atoms with van der Waals surface area (Å²) in [5.74, 6) is 0. The Hall–Kier alpha value is -0.460. The van der Waals surface area contributed by atoms with E-state index in [-0.39, 0.29) is 0 Å². The number of hydroxylamine groups is 2. The van der Waals surface area contributed by atoms with E-state index in [1.165, 1.54) is 11.4 Å². The maximum absolute atomic E-state index is 9.94. The van der Waals surface area contributed by atoms with Gasteiger partial charge in [0.15, 0.2) is 0 Å². The molecule has 1 rings (SSSR count). The quantitative estimate of drug-likeness (QED) is 0.534.